The summed E-state index contributed by atoms with van der Waals surface area (Å²) in [4.78, 5) is 30.2. The molecule has 2 aromatic heterocycles. The molecule has 0 unspecified atom stereocenters. The van der Waals surface area contributed by atoms with E-state index in [0.29, 0.717) is 28.9 Å². The van der Waals surface area contributed by atoms with E-state index in [9.17, 15) is 9.59 Å². The van der Waals surface area contributed by atoms with Gasteiger partial charge in [-0.25, -0.2) is 4.79 Å². The molecular formula is C23H20N2O4S. The molecule has 30 heavy (non-hydrogen) atoms. The molecule has 0 saturated carbocycles. The fraction of sp³-hybridized carbons (Fsp3) is 0.217. The van der Waals surface area contributed by atoms with Crippen molar-refractivity contribution in [2.24, 2.45) is 0 Å². The Morgan fingerprint density at radius 1 is 1.00 bits per heavy atom. The number of nitrogens with zero attached hydrogens (tertiary/aromatic N) is 2. The molecule has 0 atom stereocenters. The molecule has 1 fully saturated rings. The van der Waals surface area contributed by atoms with Crippen LogP contribution in [0.1, 0.15) is 9.67 Å². The summed E-state index contributed by atoms with van der Waals surface area (Å²) in [5.74, 6) is 0.795. The molecule has 1 amide bonds. The first-order valence-electron chi connectivity index (χ1n) is 9.78. The second-order valence-electron chi connectivity index (χ2n) is 7.22. The first kappa shape index (κ1) is 18.7. The van der Waals surface area contributed by atoms with Gasteiger partial charge in [0.1, 0.15) is 11.3 Å². The minimum atomic E-state index is -0.400. The monoisotopic (exact) mass is 420 g/mol. The predicted molar refractivity (Wildman–Crippen MR) is 119 cm³/mol. The highest BCUT2D eigenvalue weighted by Gasteiger charge is 2.25. The van der Waals surface area contributed by atoms with Crippen molar-refractivity contribution in [2.45, 2.75) is 0 Å². The molecule has 0 spiro atoms. The SMILES string of the molecule is COc1ccc(N2CCN(C(=O)c3cc4c(=O)oc5ccccc5c4s3)CC2)cc1. The molecule has 1 aliphatic rings. The van der Waals surface area contributed by atoms with Gasteiger partial charge in [-0.05, 0) is 42.5 Å². The van der Waals surface area contributed by atoms with E-state index in [2.05, 4.69) is 4.90 Å². The Morgan fingerprint density at radius 2 is 1.73 bits per heavy atom. The number of piperazine rings is 1. The molecule has 1 aliphatic heterocycles. The molecule has 2 aromatic carbocycles. The summed E-state index contributed by atoms with van der Waals surface area (Å²) in [6.45, 7) is 2.78. The topological polar surface area (TPSA) is 63.0 Å². The van der Waals surface area contributed by atoms with Crippen LogP contribution in [-0.2, 0) is 0 Å². The second-order valence-corrected chi connectivity index (χ2v) is 8.27. The Balaban J connectivity index is 1.36. The van der Waals surface area contributed by atoms with Gasteiger partial charge in [-0.1, -0.05) is 12.1 Å². The van der Waals surface area contributed by atoms with E-state index in [1.54, 1.807) is 19.2 Å². The summed E-state index contributed by atoms with van der Waals surface area (Å²) in [5.41, 5.74) is 1.26. The summed E-state index contributed by atoms with van der Waals surface area (Å²) in [7, 11) is 1.65. The Morgan fingerprint density at radius 3 is 2.47 bits per heavy atom. The Bertz CT molecular complexity index is 1280. The minimum absolute atomic E-state index is 0.0333. The Labute approximate surface area is 176 Å². The summed E-state index contributed by atoms with van der Waals surface area (Å²) >= 11 is 1.37. The van der Waals surface area contributed by atoms with Crippen molar-refractivity contribution in [1.82, 2.24) is 4.90 Å². The lowest BCUT2D eigenvalue weighted by Gasteiger charge is -2.36. The first-order valence-corrected chi connectivity index (χ1v) is 10.6. The van der Waals surface area contributed by atoms with Crippen LogP contribution in [0.15, 0.2) is 63.8 Å². The van der Waals surface area contributed by atoms with Crippen LogP contribution in [0, 0.1) is 0 Å². The maximum Gasteiger partial charge on any atom is 0.345 e. The lowest BCUT2D eigenvalue weighted by atomic mass is 10.2. The molecular weight excluding hydrogens is 400 g/mol. The lowest BCUT2D eigenvalue weighted by molar-refractivity contribution is 0.0752. The van der Waals surface area contributed by atoms with Gasteiger partial charge < -0.3 is 19.0 Å². The minimum Gasteiger partial charge on any atom is -0.497 e. The van der Waals surface area contributed by atoms with Crippen molar-refractivity contribution < 1.29 is 13.9 Å². The number of benzene rings is 2. The van der Waals surface area contributed by atoms with Crippen molar-refractivity contribution in [3.63, 3.8) is 0 Å². The van der Waals surface area contributed by atoms with Crippen LogP contribution in [0.4, 0.5) is 5.69 Å². The highest BCUT2D eigenvalue weighted by atomic mass is 32.1. The fourth-order valence-electron chi connectivity index (χ4n) is 3.86. The van der Waals surface area contributed by atoms with Crippen molar-refractivity contribution in [2.75, 3.05) is 38.2 Å². The molecule has 0 radical (unpaired) electrons. The van der Waals surface area contributed by atoms with E-state index in [-0.39, 0.29) is 5.91 Å². The Hall–Kier alpha value is -3.32. The quantitative estimate of drug-likeness (QED) is 0.469. The molecule has 4 aromatic rings. The van der Waals surface area contributed by atoms with Gasteiger partial charge in [-0.2, -0.15) is 0 Å². The van der Waals surface area contributed by atoms with Crippen molar-refractivity contribution >= 4 is 44.0 Å². The number of hydrogen-bond acceptors (Lipinski definition) is 6. The summed E-state index contributed by atoms with van der Waals surface area (Å²) in [6, 6.07) is 17.1. The zero-order valence-electron chi connectivity index (χ0n) is 16.5. The van der Waals surface area contributed by atoms with Gasteiger partial charge in [-0.15, -0.1) is 11.3 Å². The van der Waals surface area contributed by atoms with Gasteiger partial charge >= 0.3 is 5.63 Å². The number of carbonyl (C=O) groups is 1. The van der Waals surface area contributed by atoms with E-state index in [4.69, 9.17) is 9.15 Å². The average molecular weight is 420 g/mol. The summed E-state index contributed by atoms with van der Waals surface area (Å²) in [6.07, 6.45) is 0. The smallest absolute Gasteiger partial charge is 0.345 e. The number of fused-ring (bicyclic) bond motifs is 3. The fourth-order valence-corrected chi connectivity index (χ4v) is 5.01. The number of hydrogen-bond donors (Lipinski definition) is 0. The van der Waals surface area contributed by atoms with E-state index >= 15 is 0 Å². The normalized spacial score (nSPS) is 14.4. The number of methoxy groups -OCH3 is 1. The molecule has 0 aliphatic carbocycles. The number of ether oxygens (including phenoxy) is 1. The number of amides is 1. The molecule has 0 bridgehead atoms. The third-order valence-electron chi connectivity index (χ3n) is 5.50. The van der Waals surface area contributed by atoms with Crippen molar-refractivity contribution in [3.05, 3.63) is 69.9 Å². The van der Waals surface area contributed by atoms with E-state index < -0.39 is 5.63 Å². The van der Waals surface area contributed by atoms with Gasteiger partial charge in [0.15, 0.2) is 0 Å². The predicted octanol–water partition coefficient (Wildman–Crippen LogP) is 3.98. The van der Waals surface area contributed by atoms with Crippen LogP contribution >= 0.6 is 11.3 Å². The average Bonchev–Trinajstić information content (AvgIpc) is 3.25. The molecule has 3 heterocycles. The van der Waals surface area contributed by atoms with Crippen LogP contribution in [0.3, 0.4) is 0 Å². The van der Waals surface area contributed by atoms with Gasteiger partial charge in [-0.3, -0.25) is 4.79 Å². The van der Waals surface area contributed by atoms with Crippen LogP contribution in [0.5, 0.6) is 5.75 Å². The maximum atomic E-state index is 13.1. The van der Waals surface area contributed by atoms with Gasteiger partial charge in [0, 0.05) is 37.3 Å². The number of para-hydroxylation sites is 1. The molecule has 5 rings (SSSR count). The second kappa shape index (κ2) is 7.50. The number of anilines is 1. The van der Waals surface area contributed by atoms with Crippen LogP contribution in [0.2, 0.25) is 0 Å². The van der Waals surface area contributed by atoms with Gasteiger partial charge in [0.25, 0.3) is 5.91 Å². The molecule has 152 valence electrons. The molecule has 0 N–H and O–H groups in total. The molecule has 1 saturated heterocycles. The van der Waals surface area contributed by atoms with E-state index in [0.717, 1.165) is 34.6 Å². The third kappa shape index (κ3) is 3.21. The van der Waals surface area contributed by atoms with Crippen LogP contribution in [0.25, 0.3) is 21.1 Å². The standard InChI is InChI=1S/C23H20N2O4S/c1-28-16-8-6-15(7-9-16)24-10-12-25(13-11-24)22(26)20-14-18-21(30-20)17-4-2-3-5-19(17)29-23(18)27/h2-9,14H,10-13H2,1H3. The zero-order chi connectivity index (χ0) is 20.7. The van der Waals surface area contributed by atoms with E-state index in [1.165, 1.54) is 11.3 Å². The van der Waals surface area contributed by atoms with Crippen LogP contribution < -0.4 is 15.3 Å². The van der Waals surface area contributed by atoms with Crippen molar-refractivity contribution in [1.29, 1.82) is 0 Å². The maximum absolute atomic E-state index is 13.1. The summed E-state index contributed by atoms with van der Waals surface area (Å²) in [5, 5.41) is 1.33. The molecule has 7 heteroatoms. The van der Waals surface area contributed by atoms with Gasteiger partial charge in [0.05, 0.1) is 22.1 Å². The number of carbonyl (C=O) groups excluding carboxylic acids is 1. The van der Waals surface area contributed by atoms with Gasteiger partial charge in [0.2, 0.25) is 0 Å². The third-order valence-corrected chi connectivity index (χ3v) is 6.66. The molecule has 6 nitrogen and oxygen atoms in total. The van der Waals surface area contributed by atoms with E-state index in [1.807, 2.05) is 47.4 Å². The lowest BCUT2D eigenvalue weighted by Crippen LogP contribution is -2.48. The highest BCUT2D eigenvalue weighted by molar-refractivity contribution is 7.21. The van der Waals surface area contributed by atoms with Crippen LogP contribution in [-0.4, -0.2) is 44.1 Å². The zero-order valence-corrected chi connectivity index (χ0v) is 17.3. The number of thiophene rings is 1. The van der Waals surface area contributed by atoms with Crippen molar-refractivity contribution in [3.8, 4) is 5.75 Å². The Kier molecular flexibility index (Phi) is 4.67. The number of rotatable bonds is 3. The largest absolute Gasteiger partial charge is 0.497 e. The summed E-state index contributed by atoms with van der Waals surface area (Å²) < 4.78 is 11.4. The first-order chi connectivity index (χ1) is 14.6. The highest BCUT2D eigenvalue weighted by Crippen LogP contribution is 2.31.